The maximum absolute atomic E-state index is 13.3. The smallest absolute Gasteiger partial charge is 0.228 e. The number of halogens is 1. The van der Waals surface area contributed by atoms with Gasteiger partial charge in [0.2, 0.25) is 5.91 Å². The van der Waals surface area contributed by atoms with Crippen LogP contribution >= 0.6 is 11.3 Å². The lowest BCUT2D eigenvalue weighted by molar-refractivity contribution is -0.136. The van der Waals surface area contributed by atoms with Gasteiger partial charge in [-0.3, -0.25) is 4.79 Å². The SMILES string of the molecule is Cc1cnc(CC2CN(C(=O)Cc3nc(-c4ccc(F)s4)ccc3N)C2)o1. The van der Waals surface area contributed by atoms with Gasteiger partial charge in [0.15, 0.2) is 11.0 Å². The summed E-state index contributed by atoms with van der Waals surface area (Å²) in [6.45, 7) is 3.22. The number of pyridine rings is 1. The molecule has 3 aromatic rings. The van der Waals surface area contributed by atoms with Gasteiger partial charge in [0.25, 0.3) is 0 Å². The third-order valence-corrected chi connectivity index (χ3v) is 5.49. The van der Waals surface area contributed by atoms with E-state index in [1.807, 2.05) is 6.92 Å². The molecule has 2 N–H and O–H groups in total. The first-order valence-electron chi connectivity index (χ1n) is 8.68. The summed E-state index contributed by atoms with van der Waals surface area (Å²) in [6, 6.07) is 6.53. The van der Waals surface area contributed by atoms with E-state index < -0.39 is 0 Å². The van der Waals surface area contributed by atoms with Crippen LogP contribution in [0.5, 0.6) is 0 Å². The number of nitrogens with zero attached hydrogens (tertiary/aromatic N) is 3. The Kier molecular flexibility index (Phi) is 4.65. The third kappa shape index (κ3) is 3.85. The molecule has 4 rings (SSSR count). The van der Waals surface area contributed by atoms with Gasteiger partial charge in [0, 0.05) is 25.4 Å². The molecule has 3 aromatic heterocycles. The molecule has 4 heterocycles. The zero-order valence-electron chi connectivity index (χ0n) is 14.8. The van der Waals surface area contributed by atoms with Crippen molar-refractivity contribution in [1.29, 1.82) is 0 Å². The minimum Gasteiger partial charge on any atom is -0.446 e. The van der Waals surface area contributed by atoms with E-state index in [9.17, 15) is 9.18 Å². The van der Waals surface area contributed by atoms with E-state index in [0.29, 0.717) is 46.9 Å². The van der Waals surface area contributed by atoms with Crippen LogP contribution < -0.4 is 5.73 Å². The quantitative estimate of drug-likeness (QED) is 0.728. The molecule has 0 saturated carbocycles. The molecular formula is C19H19FN4O2S. The van der Waals surface area contributed by atoms with Crippen LogP contribution in [0.2, 0.25) is 0 Å². The normalized spacial score (nSPS) is 14.4. The van der Waals surface area contributed by atoms with E-state index in [2.05, 4.69) is 9.97 Å². The van der Waals surface area contributed by atoms with Crippen LogP contribution in [0.4, 0.5) is 10.1 Å². The molecule has 0 radical (unpaired) electrons. The molecule has 0 atom stereocenters. The summed E-state index contributed by atoms with van der Waals surface area (Å²) in [5, 5.41) is -0.269. The highest BCUT2D eigenvalue weighted by Crippen LogP contribution is 2.28. The van der Waals surface area contributed by atoms with Crippen molar-refractivity contribution < 1.29 is 13.6 Å². The van der Waals surface area contributed by atoms with Crippen LogP contribution in [0.25, 0.3) is 10.6 Å². The first-order valence-corrected chi connectivity index (χ1v) is 9.50. The van der Waals surface area contributed by atoms with Crippen molar-refractivity contribution in [2.75, 3.05) is 18.8 Å². The molecule has 27 heavy (non-hydrogen) atoms. The summed E-state index contributed by atoms with van der Waals surface area (Å²) < 4.78 is 18.7. The van der Waals surface area contributed by atoms with E-state index in [1.54, 1.807) is 29.3 Å². The molecule has 1 fully saturated rings. The maximum atomic E-state index is 13.3. The Labute approximate surface area is 159 Å². The fraction of sp³-hybridized carbons (Fsp3) is 0.316. The van der Waals surface area contributed by atoms with Gasteiger partial charge in [-0.1, -0.05) is 0 Å². The number of aryl methyl sites for hydroxylation is 1. The molecular weight excluding hydrogens is 367 g/mol. The van der Waals surface area contributed by atoms with Crippen molar-refractivity contribution in [2.45, 2.75) is 19.8 Å². The molecule has 1 saturated heterocycles. The maximum Gasteiger partial charge on any atom is 0.228 e. The van der Waals surface area contributed by atoms with Crippen LogP contribution in [0.15, 0.2) is 34.9 Å². The molecule has 0 bridgehead atoms. The predicted molar refractivity (Wildman–Crippen MR) is 101 cm³/mol. The number of anilines is 1. The van der Waals surface area contributed by atoms with Gasteiger partial charge < -0.3 is 15.1 Å². The van der Waals surface area contributed by atoms with E-state index >= 15 is 0 Å². The lowest BCUT2D eigenvalue weighted by Crippen LogP contribution is -2.51. The number of nitrogen functional groups attached to an aromatic ring is 1. The third-order valence-electron chi connectivity index (χ3n) is 4.60. The number of hydrogen-bond donors (Lipinski definition) is 1. The molecule has 0 spiro atoms. The number of thiophene rings is 1. The second-order valence-electron chi connectivity index (χ2n) is 6.75. The van der Waals surface area contributed by atoms with Crippen LogP contribution in [-0.2, 0) is 17.6 Å². The van der Waals surface area contributed by atoms with Gasteiger partial charge in [-0.25, -0.2) is 9.97 Å². The second-order valence-corrected chi connectivity index (χ2v) is 7.78. The van der Waals surface area contributed by atoms with E-state index in [1.165, 1.54) is 6.07 Å². The Balaban J connectivity index is 1.37. The first-order chi connectivity index (χ1) is 13.0. The highest BCUT2D eigenvalue weighted by Gasteiger charge is 2.32. The number of carbonyl (C=O) groups is 1. The average molecular weight is 386 g/mol. The number of oxazole rings is 1. The van der Waals surface area contributed by atoms with Gasteiger partial charge >= 0.3 is 0 Å². The summed E-state index contributed by atoms with van der Waals surface area (Å²) in [4.78, 5) is 23.7. The van der Waals surface area contributed by atoms with E-state index in [-0.39, 0.29) is 17.5 Å². The molecule has 0 aromatic carbocycles. The van der Waals surface area contributed by atoms with Gasteiger partial charge in [-0.2, -0.15) is 4.39 Å². The molecule has 0 unspecified atom stereocenters. The van der Waals surface area contributed by atoms with Crippen molar-refractivity contribution in [1.82, 2.24) is 14.9 Å². The minimum atomic E-state index is -0.269. The summed E-state index contributed by atoms with van der Waals surface area (Å²) in [5.41, 5.74) is 7.61. The van der Waals surface area contributed by atoms with Gasteiger partial charge in [-0.05, 0) is 31.2 Å². The largest absolute Gasteiger partial charge is 0.446 e. The van der Waals surface area contributed by atoms with Crippen molar-refractivity contribution in [3.63, 3.8) is 0 Å². The van der Waals surface area contributed by atoms with E-state index in [4.69, 9.17) is 10.2 Å². The Morgan fingerprint density at radius 2 is 2.19 bits per heavy atom. The number of carbonyl (C=O) groups excluding carboxylic acids is 1. The topological polar surface area (TPSA) is 85.2 Å². The zero-order valence-corrected chi connectivity index (χ0v) is 15.6. The highest BCUT2D eigenvalue weighted by atomic mass is 32.1. The molecule has 1 amide bonds. The van der Waals surface area contributed by atoms with Crippen LogP contribution in [0.3, 0.4) is 0 Å². The van der Waals surface area contributed by atoms with Gasteiger partial charge in [0.1, 0.15) is 5.76 Å². The Morgan fingerprint density at radius 1 is 1.37 bits per heavy atom. The summed E-state index contributed by atoms with van der Waals surface area (Å²) in [6.07, 6.45) is 2.58. The van der Waals surface area contributed by atoms with Crippen LogP contribution in [0.1, 0.15) is 17.3 Å². The number of aromatic nitrogens is 2. The number of likely N-dealkylation sites (tertiary alicyclic amines) is 1. The second kappa shape index (κ2) is 7.11. The lowest BCUT2D eigenvalue weighted by Gasteiger charge is -2.38. The van der Waals surface area contributed by atoms with Crippen molar-refractivity contribution in [3.05, 3.63) is 52.9 Å². The van der Waals surface area contributed by atoms with Gasteiger partial charge in [-0.15, -0.1) is 11.3 Å². The monoisotopic (exact) mass is 386 g/mol. The number of amides is 1. The Morgan fingerprint density at radius 3 is 2.85 bits per heavy atom. The summed E-state index contributed by atoms with van der Waals surface area (Å²) >= 11 is 1.02. The molecule has 1 aliphatic heterocycles. The number of hydrogen-bond acceptors (Lipinski definition) is 6. The summed E-state index contributed by atoms with van der Waals surface area (Å²) in [7, 11) is 0. The number of rotatable bonds is 5. The Hall–Kier alpha value is -2.74. The lowest BCUT2D eigenvalue weighted by atomic mass is 9.95. The van der Waals surface area contributed by atoms with Crippen molar-refractivity contribution in [3.8, 4) is 10.6 Å². The fourth-order valence-electron chi connectivity index (χ4n) is 3.14. The Bertz CT molecular complexity index is 978. The molecule has 0 aliphatic carbocycles. The first kappa shape index (κ1) is 17.7. The van der Waals surface area contributed by atoms with Crippen molar-refractivity contribution >= 4 is 22.9 Å². The van der Waals surface area contributed by atoms with Gasteiger partial charge in [0.05, 0.1) is 34.6 Å². The minimum absolute atomic E-state index is 0.0106. The number of nitrogens with two attached hydrogens (primary N) is 1. The van der Waals surface area contributed by atoms with Crippen molar-refractivity contribution in [2.24, 2.45) is 5.92 Å². The van der Waals surface area contributed by atoms with E-state index in [0.717, 1.165) is 23.5 Å². The molecule has 6 nitrogen and oxygen atoms in total. The molecule has 1 aliphatic rings. The highest BCUT2D eigenvalue weighted by molar-refractivity contribution is 7.13. The summed E-state index contributed by atoms with van der Waals surface area (Å²) in [5.74, 6) is 1.86. The zero-order chi connectivity index (χ0) is 19.0. The average Bonchev–Trinajstić information content (AvgIpc) is 3.21. The van der Waals surface area contributed by atoms with Crippen LogP contribution in [0, 0.1) is 18.0 Å². The standard InChI is InChI=1S/C19H19FN4O2S/c1-11-8-22-18(26-11)6-12-9-24(10-12)19(25)7-15-13(21)2-3-14(23-15)16-4-5-17(20)27-16/h2-5,8,12H,6-7,9-10,21H2,1H3. The fourth-order valence-corrected chi connectivity index (χ4v) is 3.84. The predicted octanol–water partition coefficient (Wildman–Crippen LogP) is 3.07. The molecule has 8 heteroatoms. The molecule has 140 valence electrons. The van der Waals surface area contributed by atoms with Crippen LogP contribution in [-0.4, -0.2) is 33.9 Å².